The van der Waals surface area contributed by atoms with E-state index in [9.17, 15) is 0 Å². The smallest absolute Gasteiger partial charge is 0.129 e. The molecule has 106 valence electrons. The molecule has 21 heavy (non-hydrogen) atoms. The lowest BCUT2D eigenvalue weighted by atomic mass is 10.3. The van der Waals surface area contributed by atoms with Crippen molar-refractivity contribution in [1.82, 2.24) is 9.55 Å². The van der Waals surface area contributed by atoms with Gasteiger partial charge in [-0.2, -0.15) is 0 Å². The van der Waals surface area contributed by atoms with Crippen LogP contribution in [0.4, 0.5) is 5.69 Å². The summed E-state index contributed by atoms with van der Waals surface area (Å²) in [5, 5.41) is 3.37. The summed E-state index contributed by atoms with van der Waals surface area (Å²) in [4.78, 5) is 4.11. The second-order valence-corrected chi connectivity index (χ2v) is 4.79. The molecule has 1 aromatic heterocycles. The number of rotatable bonds is 5. The zero-order valence-electron chi connectivity index (χ0n) is 11.9. The van der Waals surface area contributed by atoms with Gasteiger partial charge in [-0.3, -0.25) is 0 Å². The Labute approximate surface area is 124 Å². The van der Waals surface area contributed by atoms with Crippen LogP contribution < -0.4 is 10.1 Å². The molecule has 0 unspecified atom stereocenters. The van der Waals surface area contributed by atoms with E-state index in [-0.39, 0.29) is 0 Å². The molecule has 0 atom stereocenters. The SMILES string of the molecule is Cn1cncc1CNc1cccc(Oc2ccccc2)c1. The number of aromatic nitrogens is 2. The summed E-state index contributed by atoms with van der Waals surface area (Å²) in [7, 11) is 1.99. The van der Waals surface area contributed by atoms with Crippen molar-refractivity contribution in [3.8, 4) is 11.5 Å². The fraction of sp³-hybridized carbons (Fsp3) is 0.118. The molecule has 3 aromatic rings. The van der Waals surface area contributed by atoms with Crippen molar-refractivity contribution in [2.75, 3.05) is 5.32 Å². The van der Waals surface area contributed by atoms with E-state index in [1.54, 1.807) is 6.33 Å². The van der Waals surface area contributed by atoms with Crippen LogP contribution in [0, 0.1) is 0 Å². The van der Waals surface area contributed by atoms with Crippen LogP contribution in [0.15, 0.2) is 67.1 Å². The van der Waals surface area contributed by atoms with Gasteiger partial charge < -0.3 is 14.6 Å². The predicted molar refractivity (Wildman–Crippen MR) is 83.5 cm³/mol. The van der Waals surface area contributed by atoms with E-state index in [1.807, 2.05) is 72.4 Å². The van der Waals surface area contributed by atoms with Gasteiger partial charge in [-0.05, 0) is 24.3 Å². The highest BCUT2D eigenvalue weighted by Crippen LogP contribution is 2.24. The highest BCUT2D eigenvalue weighted by Gasteiger charge is 2.01. The minimum atomic E-state index is 0.727. The minimum Gasteiger partial charge on any atom is -0.457 e. The molecule has 4 heteroatoms. The lowest BCUT2D eigenvalue weighted by molar-refractivity contribution is 0.483. The van der Waals surface area contributed by atoms with Gasteiger partial charge in [0.25, 0.3) is 0 Å². The molecule has 0 aliphatic rings. The Bertz CT molecular complexity index is 707. The lowest BCUT2D eigenvalue weighted by Gasteiger charge is -2.10. The Morgan fingerprint density at radius 3 is 2.62 bits per heavy atom. The number of hydrogen-bond donors (Lipinski definition) is 1. The average molecular weight is 279 g/mol. The first-order chi connectivity index (χ1) is 10.3. The van der Waals surface area contributed by atoms with Gasteiger partial charge in [-0.25, -0.2) is 4.98 Å². The second kappa shape index (κ2) is 6.13. The molecule has 0 saturated carbocycles. The van der Waals surface area contributed by atoms with Crippen molar-refractivity contribution in [2.45, 2.75) is 6.54 Å². The summed E-state index contributed by atoms with van der Waals surface area (Å²) >= 11 is 0. The summed E-state index contributed by atoms with van der Waals surface area (Å²) < 4.78 is 7.82. The van der Waals surface area contributed by atoms with E-state index in [0.717, 1.165) is 29.4 Å². The van der Waals surface area contributed by atoms with Crippen molar-refractivity contribution >= 4 is 5.69 Å². The standard InChI is InChI=1S/C17H17N3O/c1-20-13-18-11-15(20)12-19-14-6-5-9-17(10-14)21-16-7-3-2-4-8-16/h2-11,13,19H,12H2,1H3. The quantitative estimate of drug-likeness (QED) is 0.771. The van der Waals surface area contributed by atoms with Crippen LogP contribution in [0.3, 0.4) is 0 Å². The molecule has 0 spiro atoms. The van der Waals surface area contributed by atoms with Crippen molar-refractivity contribution < 1.29 is 4.74 Å². The molecule has 1 heterocycles. The van der Waals surface area contributed by atoms with Crippen molar-refractivity contribution in [2.24, 2.45) is 7.05 Å². The Kier molecular flexibility index (Phi) is 3.87. The van der Waals surface area contributed by atoms with E-state index in [4.69, 9.17) is 4.74 Å². The van der Waals surface area contributed by atoms with E-state index in [2.05, 4.69) is 10.3 Å². The second-order valence-electron chi connectivity index (χ2n) is 4.79. The molecule has 0 fully saturated rings. The lowest BCUT2D eigenvalue weighted by Crippen LogP contribution is -2.03. The fourth-order valence-electron chi connectivity index (χ4n) is 2.04. The molecule has 0 bridgehead atoms. The van der Waals surface area contributed by atoms with Crippen LogP contribution in [0.5, 0.6) is 11.5 Å². The van der Waals surface area contributed by atoms with Crippen LogP contribution in [-0.4, -0.2) is 9.55 Å². The van der Waals surface area contributed by atoms with Gasteiger partial charge in [0.1, 0.15) is 11.5 Å². The van der Waals surface area contributed by atoms with Gasteiger partial charge in [0.2, 0.25) is 0 Å². The van der Waals surface area contributed by atoms with E-state index < -0.39 is 0 Å². The molecule has 1 N–H and O–H groups in total. The highest BCUT2D eigenvalue weighted by atomic mass is 16.5. The fourth-order valence-corrected chi connectivity index (χ4v) is 2.04. The first-order valence-electron chi connectivity index (χ1n) is 6.83. The summed E-state index contributed by atoms with van der Waals surface area (Å²) in [5.74, 6) is 1.65. The monoisotopic (exact) mass is 279 g/mol. The van der Waals surface area contributed by atoms with Crippen molar-refractivity contribution in [3.05, 3.63) is 72.8 Å². The molecule has 3 rings (SSSR count). The molecule has 0 amide bonds. The number of para-hydroxylation sites is 1. The van der Waals surface area contributed by atoms with Gasteiger partial charge >= 0.3 is 0 Å². The number of nitrogens with zero attached hydrogens (tertiary/aromatic N) is 2. The summed E-state index contributed by atoms with van der Waals surface area (Å²) in [6.45, 7) is 0.727. The number of ether oxygens (including phenoxy) is 1. The van der Waals surface area contributed by atoms with Crippen LogP contribution in [0.25, 0.3) is 0 Å². The summed E-state index contributed by atoms with van der Waals surface area (Å²) in [6.07, 6.45) is 3.66. The van der Waals surface area contributed by atoms with Crippen LogP contribution >= 0.6 is 0 Å². The third-order valence-electron chi connectivity index (χ3n) is 3.20. The predicted octanol–water partition coefficient (Wildman–Crippen LogP) is 3.82. The Hall–Kier alpha value is -2.75. The molecule has 2 aromatic carbocycles. The van der Waals surface area contributed by atoms with Crippen LogP contribution in [0.1, 0.15) is 5.69 Å². The molecule has 0 aliphatic heterocycles. The Morgan fingerprint density at radius 1 is 1.05 bits per heavy atom. The van der Waals surface area contributed by atoms with Crippen LogP contribution in [0.2, 0.25) is 0 Å². The number of nitrogens with one attached hydrogen (secondary N) is 1. The molecular formula is C17H17N3O. The average Bonchev–Trinajstić information content (AvgIpc) is 2.92. The molecule has 0 saturated heterocycles. The molecular weight excluding hydrogens is 262 g/mol. The van der Waals surface area contributed by atoms with Gasteiger partial charge in [-0.1, -0.05) is 24.3 Å². The number of imidazole rings is 1. The van der Waals surface area contributed by atoms with E-state index in [0.29, 0.717) is 0 Å². The highest BCUT2D eigenvalue weighted by molar-refractivity contribution is 5.49. The van der Waals surface area contributed by atoms with Gasteiger partial charge in [0.05, 0.1) is 18.6 Å². The number of benzene rings is 2. The number of hydrogen-bond acceptors (Lipinski definition) is 3. The minimum absolute atomic E-state index is 0.727. The normalized spacial score (nSPS) is 10.3. The Morgan fingerprint density at radius 2 is 1.86 bits per heavy atom. The number of anilines is 1. The molecule has 4 nitrogen and oxygen atoms in total. The van der Waals surface area contributed by atoms with E-state index in [1.165, 1.54) is 0 Å². The largest absolute Gasteiger partial charge is 0.457 e. The molecule has 0 radical (unpaired) electrons. The topological polar surface area (TPSA) is 39.1 Å². The molecule has 0 aliphatic carbocycles. The third-order valence-corrected chi connectivity index (χ3v) is 3.20. The maximum Gasteiger partial charge on any atom is 0.129 e. The van der Waals surface area contributed by atoms with E-state index >= 15 is 0 Å². The zero-order valence-corrected chi connectivity index (χ0v) is 11.9. The first kappa shape index (κ1) is 13.2. The Balaban J connectivity index is 1.67. The third kappa shape index (κ3) is 3.42. The maximum absolute atomic E-state index is 5.82. The maximum atomic E-state index is 5.82. The van der Waals surface area contributed by atoms with Crippen LogP contribution in [-0.2, 0) is 13.6 Å². The van der Waals surface area contributed by atoms with Gasteiger partial charge in [0.15, 0.2) is 0 Å². The first-order valence-corrected chi connectivity index (χ1v) is 6.83. The summed E-state index contributed by atoms with van der Waals surface area (Å²) in [5.41, 5.74) is 2.15. The number of aryl methyl sites for hydroxylation is 1. The van der Waals surface area contributed by atoms with Gasteiger partial charge in [-0.15, -0.1) is 0 Å². The zero-order chi connectivity index (χ0) is 14.5. The van der Waals surface area contributed by atoms with Crippen molar-refractivity contribution in [3.63, 3.8) is 0 Å². The van der Waals surface area contributed by atoms with Gasteiger partial charge in [0, 0.05) is 25.0 Å². The van der Waals surface area contributed by atoms with Crippen molar-refractivity contribution in [1.29, 1.82) is 0 Å². The summed E-state index contributed by atoms with van der Waals surface area (Å²) in [6, 6.07) is 17.7.